The van der Waals surface area contributed by atoms with Gasteiger partial charge in [0.1, 0.15) is 12.1 Å². The first-order chi connectivity index (χ1) is 10.7. The van der Waals surface area contributed by atoms with Crippen molar-refractivity contribution in [2.75, 3.05) is 0 Å². The van der Waals surface area contributed by atoms with Gasteiger partial charge in [-0.1, -0.05) is 60.7 Å². The Bertz CT molecular complexity index is 698. The van der Waals surface area contributed by atoms with E-state index in [4.69, 9.17) is 0 Å². The van der Waals surface area contributed by atoms with Crippen molar-refractivity contribution in [3.05, 3.63) is 84.2 Å². The lowest BCUT2D eigenvalue weighted by Gasteiger charge is -2.08. The minimum Gasteiger partial charge on any atom is -0.285 e. The molecule has 106 valence electrons. The SMILES string of the molecule is N#C/C(=C/N(O)/C=C(/C#N)c1ccccc1)c1ccccc1. The van der Waals surface area contributed by atoms with Crippen LogP contribution in [0.1, 0.15) is 11.1 Å². The Morgan fingerprint density at radius 2 is 1.14 bits per heavy atom. The van der Waals surface area contributed by atoms with Gasteiger partial charge in [-0.2, -0.15) is 10.5 Å². The van der Waals surface area contributed by atoms with Crippen LogP contribution >= 0.6 is 0 Å². The number of rotatable bonds is 4. The number of hydroxylamine groups is 2. The predicted octanol–water partition coefficient (Wildman–Crippen LogP) is 3.81. The van der Waals surface area contributed by atoms with E-state index in [0.29, 0.717) is 22.3 Å². The normalized spacial score (nSPS) is 11.4. The summed E-state index contributed by atoms with van der Waals surface area (Å²) >= 11 is 0. The molecule has 4 heteroatoms. The van der Waals surface area contributed by atoms with Crippen LogP contribution in [0.15, 0.2) is 73.1 Å². The summed E-state index contributed by atoms with van der Waals surface area (Å²) in [5, 5.41) is 29.1. The van der Waals surface area contributed by atoms with Gasteiger partial charge >= 0.3 is 0 Å². The van der Waals surface area contributed by atoms with Gasteiger partial charge in [-0.05, 0) is 11.1 Å². The molecule has 4 nitrogen and oxygen atoms in total. The fourth-order valence-corrected chi connectivity index (χ4v) is 1.87. The van der Waals surface area contributed by atoms with Crippen molar-refractivity contribution in [3.63, 3.8) is 0 Å². The molecule has 0 radical (unpaired) electrons. The van der Waals surface area contributed by atoms with Crippen LogP contribution in [0, 0.1) is 22.7 Å². The van der Waals surface area contributed by atoms with Crippen LogP contribution in [-0.2, 0) is 0 Å². The topological polar surface area (TPSA) is 71.1 Å². The Balaban J connectivity index is 2.29. The minimum atomic E-state index is 0.296. The lowest BCUT2D eigenvalue weighted by atomic mass is 10.1. The van der Waals surface area contributed by atoms with Gasteiger partial charge in [0.05, 0.1) is 23.5 Å². The zero-order valence-corrected chi connectivity index (χ0v) is 11.7. The molecular formula is C18H13N3O. The second-order valence-electron chi connectivity index (χ2n) is 4.42. The Hall–Kier alpha value is -3.34. The first kappa shape index (κ1) is 15.1. The van der Waals surface area contributed by atoms with E-state index in [1.165, 1.54) is 12.4 Å². The highest BCUT2D eigenvalue weighted by Crippen LogP contribution is 2.16. The van der Waals surface area contributed by atoms with Crippen molar-refractivity contribution in [2.24, 2.45) is 0 Å². The van der Waals surface area contributed by atoms with Crippen molar-refractivity contribution in [3.8, 4) is 12.1 Å². The van der Waals surface area contributed by atoms with E-state index in [1.54, 1.807) is 24.3 Å². The van der Waals surface area contributed by atoms with E-state index in [1.807, 2.05) is 48.5 Å². The van der Waals surface area contributed by atoms with E-state index in [0.717, 1.165) is 5.06 Å². The summed E-state index contributed by atoms with van der Waals surface area (Å²) in [6.07, 6.45) is 2.55. The molecule has 0 aliphatic rings. The number of allylic oxidation sites excluding steroid dienone is 2. The van der Waals surface area contributed by atoms with Crippen LogP contribution in [0.5, 0.6) is 0 Å². The summed E-state index contributed by atoms with van der Waals surface area (Å²) in [4.78, 5) is 0. The fourth-order valence-electron chi connectivity index (χ4n) is 1.87. The van der Waals surface area contributed by atoms with Crippen molar-refractivity contribution in [2.45, 2.75) is 0 Å². The van der Waals surface area contributed by atoms with Gasteiger partial charge in [-0.25, -0.2) is 5.06 Å². The average Bonchev–Trinajstić information content (AvgIpc) is 2.59. The Labute approximate surface area is 129 Å². The molecule has 0 saturated heterocycles. The monoisotopic (exact) mass is 287 g/mol. The summed E-state index contributed by atoms with van der Waals surface area (Å²) in [5.41, 5.74) is 1.97. The van der Waals surface area contributed by atoms with Crippen LogP contribution < -0.4 is 0 Å². The molecule has 0 spiro atoms. The van der Waals surface area contributed by atoms with E-state index >= 15 is 0 Å². The summed E-state index contributed by atoms with van der Waals surface area (Å²) in [6.45, 7) is 0. The third-order valence-electron chi connectivity index (χ3n) is 2.93. The van der Waals surface area contributed by atoms with Crippen molar-refractivity contribution < 1.29 is 5.21 Å². The summed E-state index contributed by atoms with van der Waals surface area (Å²) < 4.78 is 0. The fraction of sp³-hybridized carbons (Fsp3) is 0. The van der Waals surface area contributed by atoms with E-state index in [2.05, 4.69) is 0 Å². The molecule has 0 aromatic heterocycles. The van der Waals surface area contributed by atoms with Gasteiger partial charge in [-0.15, -0.1) is 0 Å². The number of hydrogen-bond acceptors (Lipinski definition) is 4. The maximum Gasteiger partial charge on any atom is 0.101 e. The molecule has 0 heterocycles. The molecule has 0 aliphatic carbocycles. The number of hydrogen-bond donors (Lipinski definition) is 1. The third kappa shape index (κ3) is 3.83. The maximum atomic E-state index is 9.95. The highest BCUT2D eigenvalue weighted by atomic mass is 16.5. The third-order valence-corrected chi connectivity index (χ3v) is 2.93. The van der Waals surface area contributed by atoms with Crippen LogP contribution in [0.4, 0.5) is 0 Å². The first-order valence-electron chi connectivity index (χ1n) is 6.56. The van der Waals surface area contributed by atoms with E-state index in [-0.39, 0.29) is 0 Å². The van der Waals surface area contributed by atoms with Gasteiger partial charge in [0, 0.05) is 0 Å². The van der Waals surface area contributed by atoms with Gasteiger partial charge in [0.15, 0.2) is 0 Å². The molecule has 2 aromatic carbocycles. The Morgan fingerprint density at radius 3 is 1.45 bits per heavy atom. The molecule has 22 heavy (non-hydrogen) atoms. The van der Waals surface area contributed by atoms with Gasteiger partial charge < -0.3 is 0 Å². The first-order valence-corrected chi connectivity index (χ1v) is 6.56. The number of nitrogens with zero attached hydrogens (tertiary/aromatic N) is 3. The standard InChI is InChI=1S/C18H13N3O/c19-11-17(15-7-3-1-4-8-15)13-21(22)14-18(12-20)16-9-5-2-6-10-16/h1-10,13-14,22H/b17-13-,18-14-. The van der Waals surface area contributed by atoms with Crippen molar-refractivity contribution in [1.82, 2.24) is 5.06 Å². The summed E-state index contributed by atoms with van der Waals surface area (Å²) in [6, 6.07) is 22.1. The lowest BCUT2D eigenvalue weighted by Crippen LogP contribution is -2.04. The van der Waals surface area contributed by atoms with Gasteiger partial charge in [-0.3, -0.25) is 5.21 Å². The molecule has 0 unspecified atom stereocenters. The molecule has 0 fully saturated rings. The second kappa shape index (κ2) is 7.44. The van der Waals surface area contributed by atoms with Crippen LogP contribution in [0.3, 0.4) is 0 Å². The predicted molar refractivity (Wildman–Crippen MR) is 83.7 cm³/mol. The molecular weight excluding hydrogens is 274 g/mol. The number of benzene rings is 2. The zero-order chi connectivity index (χ0) is 15.8. The van der Waals surface area contributed by atoms with Crippen LogP contribution in [0.2, 0.25) is 0 Å². The Morgan fingerprint density at radius 1 is 0.773 bits per heavy atom. The Kier molecular flexibility index (Phi) is 5.09. The van der Waals surface area contributed by atoms with Gasteiger partial charge in [0.2, 0.25) is 0 Å². The van der Waals surface area contributed by atoms with Gasteiger partial charge in [0.25, 0.3) is 0 Å². The summed E-state index contributed by atoms with van der Waals surface area (Å²) in [7, 11) is 0. The quantitative estimate of drug-likeness (QED) is 0.685. The molecule has 0 saturated carbocycles. The molecule has 2 rings (SSSR count). The molecule has 0 bridgehead atoms. The molecule has 0 atom stereocenters. The van der Waals surface area contributed by atoms with Crippen molar-refractivity contribution >= 4 is 11.1 Å². The second-order valence-corrected chi connectivity index (χ2v) is 4.42. The largest absolute Gasteiger partial charge is 0.285 e. The smallest absolute Gasteiger partial charge is 0.101 e. The maximum absolute atomic E-state index is 9.95. The molecule has 0 aliphatic heterocycles. The highest BCUT2D eigenvalue weighted by Gasteiger charge is 2.04. The molecule has 2 aromatic rings. The van der Waals surface area contributed by atoms with E-state index < -0.39 is 0 Å². The lowest BCUT2D eigenvalue weighted by molar-refractivity contribution is 0.0129. The molecule has 1 N–H and O–H groups in total. The average molecular weight is 287 g/mol. The van der Waals surface area contributed by atoms with Crippen LogP contribution in [-0.4, -0.2) is 10.3 Å². The zero-order valence-electron chi connectivity index (χ0n) is 11.7. The van der Waals surface area contributed by atoms with E-state index in [9.17, 15) is 15.7 Å². The number of nitriles is 2. The highest BCUT2D eigenvalue weighted by molar-refractivity contribution is 5.78. The summed E-state index contributed by atoms with van der Waals surface area (Å²) in [5.74, 6) is 0. The van der Waals surface area contributed by atoms with Crippen LogP contribution in [0.25, 0.3) is 11.1 Å². The minimum absolute atomic E-state index is 0.296. The van der Waals surface area contributed by atoms with Crippen molar-refractivity contribution in [1.29, 1.82) is 10.5 Å². The molecule has 0 amide bonds.